The Kier molecular flexibility index (Phi) is 4.78. The molecular formula is C12H13BrFIN2. The average Bonchev–Trinajstić information content (AvgIpc) is 2.62. The van der Waals surface area contributed by atoms with Gasteiger partial charge in [0.15, 0.2) is 0 Å². The van der Waals surface area contributed by atoms with Gasteiger partial charge < -0.3 is 0 Å². The highest BCUT2D eigenvalue weighted by Crippen LogP contribution is 2.21. The van der Waals surface area contributed by atoms with Crippen molar-refractivity contribution in [3.05, 3.63) is 27.7 Å². The lowest BCUT2D eigenvalue weighted by molar-refractivity contribution is 0.549. The zero-order valence-corrected chi connectivity index (χ0v) is 13.0. The van der Waals surface area contributed by atoms with Crippen molar-refractivity contribution in [2.75, 3.05) is 5.33 Å². The first kappa shape index (κ1) is 13.3. The van der Waals surface area contributed by atoms with E-state index in [2.05, 4.69) is 43.6 Å². The number of unbranched alkanes of at least 4 members (excludes halogenated alkanes) is 2. The van der Waals surface area contributed by atoms with Crippen molar-refractivity contribution < 1.29 is 4.39 Å². The van der Waals surface area contributed by atoms with Crippen LogP contribution in [0.2, 0.25) is 0 Å². The summed E-state index contributed by atoms with van der Waals surface area (Å²) in [5.41, 5.74) is 0.872. The normalized spacial score (nSPS) is 11.2. The van der Waals surface area contributed by atoms with E-state index in [1.54, 1.807) is 12.1 Å². The predicted octanol–water partition coefficient (Wildman–Crippen LogP) is 4.35. The summed E-state index contributed by atoms with van der Waals surface area (Å²) in [5, 5.41) is 6.44. The van der Waals surface area contributed by atoms with Gasteiger partial charge in [-0.15, -0.1) is 0 Å². The van der Waals surface area contributed by atoms with Crippen molar-refractivity contribution in [1.82, 2.24) is 9.78 Å². The van der Waals surface area contributed by atoms with Crippen LogP contribution < -0.4 is 0 Å². The van der Waals surface area contributed by atoms with Crippen molar-refractivity contribution in [2.24, 2.45) is 0 Å². The molecule has 0 bridgehead atoms. The summed E-state index contributed by atoms with van der Waals surface area (Å²) in [7, 11) is 0. The third-order valence-electron chi connectivity index (χ3n) is 2.64. The maximum absolute atomic E-state index is 13.1. The second-order valence-electron chi connectivity index (χ2n) is 3.93. The van der Waals surface area contributed by atoms with Gasteiger partial charge in [-0.3, -0.25) is 4.68 Å². The Morgan fingerprint density at radius 2 is 2.12 bits per heavy atom. The van der Waals surface area contributed by atoms with E-state index >= 15 is 0 Å². The molecule has 0 N–H and O–H groups in total. The van der Waals surface area contributed by atoms with Crippen LogP contribution in [-0.4, -0.2) is 15.1 Å². The predicted molar refractivity (Wildman–Crippen MR) is 80.1 cm³/mol. The molecular weight excluding hydrogens is 398 g/mol. The molecule has 0 fully saturated rings. The molecule has 0 spiro atoms. The maximum atomic E-state index is 13.1. The van der Waals surface area contributed by atoms with E-state index in [1.807, 2.05) is 4.68 Å². The Hall–Kier alpha value is -0.170. The van der Waals surface area contributed by atoms with Crippen LogP contribution in [0, 0.1) is 9.52 Å². The molecule has 5 heteroatoms. The van der Waals surface area contributed by atoms with E-state index in [0.717, 1.165) is 32.9 Å². The van der Waals surface area contributed by atoms with Gasteiger partial charge in [-0.2, -0.15) is 5.10 Å². The summed E-state index contributed by atoms with van der Waals surface area (Å²) in [6, 6.07) is 4.75. The SMILES string of the molecule is Fc1ccc2nn(CCCCCBr)c(I)c2c1. The fraction of sp³-hybridized carbons (Fsp3) is 0.417. The Bertz CT molecular complexity index is 512. The van der Waals surface area contributed by atoms with Crippen LogP contribution in [-0.2, 0) is 6.54 Å². The number of rotatable bonds is 5. The highest BCUT2D eigenvalue weighted by molar-refractivity contribution is 14.1. The lowest BCUT2D eigenvalue weighted by Crippen LogP contribution is -2.02. The standard InChI is InChI=1S/C12H13BrFIN2/c13-6-2-1-3-7-17-12(15)10-8-9(14)4-5-11(10)16-17/h4-5,8H,1-3,6-7H2. The molecule has 0 atom stereocenters. The summed E-state index contributed by atoms with van der Waals surface area (Å²) in [4.78, 5) is 0. The molecule has 1 aromatic heterocycles. The summed E-state index contributed by atoms with van der Waals surface area (Å²) in [5.74, 6) is -0.200. The Morgan fingerprint density at radius 1 is 1.29 bits per heavy atom. The van der Waals surface area contributed by atoms with Crippen molar-refractivity contribution in [3.63, 3.8) is 0 Å². The minimum atomic E-state index is -0.200. The first-order valence-electron chi connectivity index (χ1n) is 5.60. The zero-order chi connectivity index (χ0) is 12.3. The highest BCUT2D eigenvalue weighted by Gasteiger charge is 2.08. The summed E-state index contributed by atoms with van der Waals surface area (Å²) in [6.07, 6.45) is 3.48. The number of aryl methyl sites for hydroxylation is 1. The highest BCUT2D eigenvalue weighted by atomic mass is 127. The van der Waals surface area contributed by atoms with Gasteiger partial charge in [0.1, 0.15) is 9.52 Å². The van der Waals surface area contributed by atoms with Gasteiger partial charge in [0, 0.05) is 17.3 Å². The summed E-state index contributed by atoms with van der Waals surface area (Å²) in [6.45, 7) is 0.904. The number of alkyl halides is 1. The van der Waals surface area contributed by atoms with Crippen molar-refractivity contribution in [1.29, 1.82) is 0 Å². The monoisotopic (exact) mass is 410 g/mol. The average molecular weight is 411 g/mol. The van der Waals surface area contributed by atoms with Crippen LogP contribution in [0.1, 0.15) is 19.3 Å². The van der Waals surface area contributed by atoms with Crippen molar-refractivity contribution >= 4 is 49.4 Å². The number of aromatic nitrogens is 2. The van der Waals surface area contributed by atoms with Gasteiger partial charge in [-0.05, 0) is 53.6 Å². The lowest BCUT2D eigenvalue weighted by atomic mass is 10.2. The molecule has 2 rings (SSSR count). The molecule has 0 unspecified atom stereocenters. The van der Waals surface area contributed by atoms with E-state index in [-0.39, 0.29) is 5.82 Å². The van der Waals surface area contributed by atoms with E-state index in [1.165, 1.54) is 18.9 Å². The second kappa shape index (κ2) is 6.13. The second-order valence-corrected chi connectivity index (χ2v) is 5.74. The van der Waals surface area contributed by atoms with Gasteiger partial charge in [-0.25, -0.2) is 4.39 Å². The molecule has 2 nitrogen and oxygen atoms in total. The molecule has 92 valence electrons. The quantitative estimate of drug-likeness (QED) is 0.407. The Morgan fingerprint density at radius 3 is 2.88 bits per heavy atom. The molecule has 1 aromatic carbocycles. The van der Waals surface area contributed by atoms with Crippen LogP contribution >= 0.6 is 38.5 Å². The van der Waals surface area contributed by atoms with E-state index in [0.29, 0.717) is 0 Å². The number of hydrogen-bond donors (Lipinski definition) is 0. The molecule has 0 saturated heterocycles. The number of benzene rings is 1. The van der Waals surface area contributed by atoms with Crippen LogP contribution in [0.3, 0.4) is 0 Å². The Balaban J connectivity index is 2.15. The molecule has 2 aromatic rings. The van der Waals surface area contributed by atoms with E-state index in [9.17, 15) is 4.39 Å². The molecule has 17 heavy (non-hydrogen) atoms. The summed E-state index contributed by atoms with van der Waals surface area (Å²) < 4.78 is 16.1. The van der Waals surface area contributed by atoms with E-state index in [4.69, 9.17) is 0 Å². The van der Waals surface area contributed by atoms with Gasteiger partial charge >= 0.3 is 0 Å². The largest absolute Gasteiger partial charge is 0.258 e. The van der Waals surface area contributed by atoms with Crippen LogP contribution in [0.4, 0.5) is 4.39 Å². The first-order chi connectivity index (χ1) is 8.22. The maximum Gasteiger partial charge on any atom is 0.124 e. The molecule has 0 amide bonds. The Labute approximate surface area is 122 Å². The van der Waals surface area contributed by atoms with Gasteiger partial charge in [0.2, 0.25) is 0 Å². The third kappa shape index (κ3) is 3.19. The zero-order valence-electron chi connectivity index (χ0n) is 9.30. The van der Waals surface area contributed by atoms with Crippen molar-refractivity contribution in [3.8, 4) is 0 Å². The van der Waals surface area contributed by atoms with Crippen molar-refractivity contribution in [2.45, 2.75) is 25.8 Å². The number of halogens is 3. The third-order valence-corrected chi connectivity index (χ3v) is 4.34. The van der Waals surface area contributed by atoms with Gasteiger partial charge in [0.25, 0.3) is 0 Å². The smallest absolute Gasteiger partial charge is 0.124 e. The number of nitrogens with zero attached hydrogens (tertiary/aromatic N) is 2. The lowest BCUT2D eigenvalue weighted by Gasteiger charge is -2.02. The van der Waals surface area contributed by atoms with Gasteiger partial charge in [-0.1, -0.05) is 22.4 Å². The molecule has 0 aliphatic rings. The molecule has 0 aliphatic carbocycles. The number of hydrogen-bond acceptors (Lipinski definition) is 1. The van der Waals surface area contributed by atoms with E-state index < -0.39 is 0 Å². The number of fused-ring (bicyclic) bond motifs is 1. The minimum absolute atomic E-state index is 0.200. The van der Waals surface area contributed by atoms with Crippen LogP contribution in [0.15, 0.2) is 18.2 Å². The van der Waals surface area contributed by atoms with Gasteiger partial charge in [0.05, 0.1) is 5.52 Å². The molecule has 0 radical (unpaired) electrons. The first-order valence-corrected chi connectivity index (χ1v) is 7.80. The van der Waals surface area contributed by atoms with Crippen LogP contribution in [0.5, 0.6) is 0 Å². The minimum Gasteiger partial charge on any atom is -0.258 e. The fourth-order valence-electron chi connectivity index (χ4n) is 1.75. The summed E-state index contributed by atoms with van der Waals surface area (Å²) >= 11 is 5.66. The fourth-order valence-corrected chi connectivity index (χ4v) is 2.93. The topological polar surface area (TPSA) is 17.8 Å². The molecule has 1 heterocycles. The molecule has 0 saturated carbocycles. The molecule has 0 aliphatic heterocycles. The van der Waals surface area contributed by atoms with Crippen LogP contribution in [0.25, 0.3) is 10.9 Å².